The number of ether oxygens (including phenoxy) is 1. The van der Waals surface area contributed by atoms with Crippen molar-refractivity contribution >= 4 is 11.8 Å². The van der Waals surface area contributed by atoms with Gasteiger partial charge in [-0.15, -0.1) is 11.8 Å². The molecule has 2 unspecified atom stereocenters. The molecule has 1 aromatic rings. The number of benzene rings is 1. The second kappa shape index (κ2) is 5.21. The third-order valence-corrected chi connectivity index (χ3v) is 3.98. The lowest BCUT2D eigenvalue weighted by molar-refractivity contribution is 0.163. The Kier molecular flexibility index (Phi) is 3.83. The second-order valence-corrected chi connectivity index (χ2v) is 5.41. The number of aliphatic hydroxyl groups is 1. The third kappa shape index (κ3) is 2.62. The van der Waals surface area contributed by atoms with E-state index in [9.17, 15) is 5.11 Å². The molecule has 2 rings (SSSR count). The Bertz CT molecular complexity index is 493. The van der Waals surface area contributed by atoms with Crippen LogP contribution in [0.15, 0.2) is 53.0 Å². The number of hydrogen-bond donors (Lipinski definition) is 1. The molecule has 0 saturated heterocycles. The van der Waals surface area contributed by atoms with Crippen LogP contribution in [0.2, 0.25) is 0 Å². The van der Waals surface area contributed by atoms with E-state index in [4.69, 9.17) is 4.74 Å². The lowest BCUT2D eigenvalue weighted by Gasteiger charge is -2.32. The van der Waals surface area contributed by atoms with Crippen molar-refractivity contribution in [3.63, 3.8) is 0 Å². The predicted molar refractivity (Wildman–Crippen MR) is 76.2 cm³/mol. The minimum Gasteiger partial charge on any atom is -0.478 e. The van der Waals surface area contributed by atoms with E-state index in [-0.39, 0.29) is 0 Å². The zero-order valence-electron chi connectivity index (χ0n) is 10.9. The van der Waals surface area contributed by atoms with Crippen molar-refractivity contribution in [3.05, 3.63) is 48.1 Å². The standard InChI is InChI=1S/C15H18O2S/c1-11-10-12(16)8-9-15(11,2)17-13-6-4-5-7-14(13)18-3/h4-10,12,16H,1-3H3. The smallest absolute Gasteiger partial charge is 0.145 e. The maximum atomic E-state index is 9.56. The molecule has 0 fully saturated rings. The van der Waals surface area contributed by atoms with E-state index in [2.05, 4.69) is 0 Å². The summed E-state index contributed by atoms with van der Waals surface area (Å²) in [5.41, 5.74) is 0.541. The Morgan fingerprint density at radius 3 is 2.72 bits per heavy atom. The van der Waals surface area contributed by atoms with Crippen molar-refractivity contribution in [2.75, 3.05) is 6.26 Å². The van der Waals surface area contributed by atoms with Gasteiger partial charge in [-0.25, -0.2) is 0 Å². The Morgan fingerprint density at radius 2 is 2.06 bits per heavy atom. The first-order valence-corrected chi connectivity index (χ1v) is 7.16. The van der Waals surface area contributed by atoms with Crippen LogP contribution in [0, 0.1) is 0 Å². The van der Waals surface area contributed by atoms with E-state index < -0.39 is 11.7 Å². The Balaban J connectivity index is 2.28. The average Bonchev–Trinajstić information content (AvgIpc) is 2.35. The van der Waals surface area contributed by atoms with E-state index in [1.807, 2.05) is 56.5 Å². The van der Waals surface area contributed by atoms with Crippen molar-refractivity contribution in [1.82, 2.24) is 0 Å². The van der Waals surface area contributed by atoms with E-state index >= 15 is 0 Å². The van der Waals surface area contributed by atoms with Crippen LogP contribution in [0.4, 0.5) is 0 Å². The van der Waals surface area contributed by atoms with Crippen LogP contribution in [-0.2, 0) is 0 Å². The number of thioether (sulfide) groups is 1. The summed E-state index contributed by atoms with van der Waals surface area (Å²) in [6.07, 6.45) is 7.03. The van der Waals surface area contributed by atoms with Crippen molar-refractivity contribution in [2.45, 2.75) is 30.4 Å². The zero-order valence-corrected chi connectivity index (χ0v) is 11.7. The van der Waals surface area contributed by atoms with E-state index in [0.29, 0.717) is 0 Å². The molecular formula is C15H18O2S. The molecule has 1 aliphatic rings. The molecule has 0 saturated carbocycles. The van der Waals surface area contributed by atoms with Gasteiger partial charge in [-0.3, -0.25) is 0 Å². The van der Waals surface area contributed by atoms with E-state index in [1.54, 1.807) is 17.8 Å². The van der Waals surface area contributed by atoms with Gasteiger partial charge in [-0.1, -0.05) is 18.2 Å². The normalized spacial score (nSPS) is 26.9. The van der Waals surface area contributed by atoms with Crippen molar-refractivity contribution in [1.29, 1.82) is 0 Å². The minimum atomic E-state index is -0.502. The van der Waals surface area contributed by atoms with Crippen LogP contribution < -0.4 is 4.74 Å². The van der Waals surface area contributed by atoms with Crippen LogP contribution in [0.1, 0.15) is 13.8 Å². The van der Waals surface area contributed by atoms with E-state index in [0.717, 1.165) is 16.2 Å². The molecule has 0 heterocycles. The molecule has 96 valence electrons. The highest BCUT2D eigenvalue weighted by atomic mass is 32.2. The minimum absolute atomic E-state index is 0.481. The van der Waals surface area contributed by atoms with E-state index in [1.165, 1.54) is 0 Å². The van der Waals surface area contributed by atoms with Crippen LogP contribution >= 0.6 is 11.8 Å². The fourth-order valence-corrected chi connectivity index (χ4v) is 2.46. The highest BCUT2D eigenvalue weighted by molar-refractivity contribution is 7.98. The molecule has 0 aromatic heterocycles. The summed E-state index contributed by atoms with van der Waals surface area (Å²) in [6.45, 7) is 3.99. The van der Waals surface area contributed by atoms with Crippen LogP contribution in [0.25, 0.3) is 0 Å². The van der Waals surface area contributed by atoms with Crippen molar-refractivity contribution in [2.24, 2.45) is 0 Å². The predicted octanol–water partition coefficient (Wildman–Crippen LogP) is 3.42. The molecule has 0 radical (unpaired) electrons. The summed E-state index contributed by atoms with van der Waals surface area (Å²) < 4.78 is 6.14. The maximum absolute atomic E-state index is 9.56. The third-order valence-electron chi connectivity index (χ3n) is 3.21. The lowest BCUT2D eigenvalue weighted by atomic mass is 9.90. The molecule has 0 aliphatic heterocycles. The first-order valence-electron chi connectivity index (χ1n) is 5.93. The fourth-order valence-electron chi connectivity index (χ4n) is 1.94. The number of para-hydroxylation sites is 1. The number of hydrogen-bond acceptors (Lipinski definition) is 3. The largest absolute Gasteiger partial charge is 0.478 e. The SMILES string of the molecule is CSc1ccccc1OC1(C)C=CC(O)C=C1C. The summed E-state index contributed by atoms with van der Waals surface area (Å²) in [6, 6.07) is 8.00. The molecular weight excluding hydrogens is 244 g/mol. The first kappa shape index (κ1) is 13.2. The fraction of sp³-hybridized carbons (Fsp3) is 0.333. The molecule has 3 heteroatoms. The zero-order chi connectivity index (χ0) is 13.2. The summed E-state index contributed by atoms with van der Waals surface area (Å²) in [5.74, 6) is 0.876. The maximum Gasteiger partial charge on any atom is 0.145 e. The Labute approximate surface area is 112 Å². The summed E-state index contributed by atoms with van der Waals surface area (Å²) in [4.78, 5) is 1.12. The summed E-state index contributed by atoms with van der Waals surface area (Å²) >= 11 is 1.67. The Hall–Kier alpha value is -1.19. The van der Waals surface area contributed by atoms with Gasteiger partial charge >= 0.3 is 0 Å². The second-order valence-electron chi connectivity index (χ2n) is 4.56. The van der Waals surface area contributed by atoms with Crippen LogP contribution in [0.3, 0.4) is 0 Å². The highest BCUT2D eigenvalue weighted by Gasteiger charge is 2.29. The van der Waals surface area contributed by atoms with Gasteiger partial charge in [0.15, 0.2) is 0 Å². The van der Waals surface area contributed by atoms with Crippen LogP contribution in [-0.4, -0.2) is 23.1 Å². The molecule has 2 nitrogen and oxygen atoms in total. The van der Waals surface area contributed by atoms with Gasteiger partial charge < -0.3 is 9.84 Å². The molecule has 1 aliphatic carbocycles. The number of aliphatic hydroxyl groups excluding tert-OH is 1. The van der Waals surface area contributed by atoms with Crippen molar-refractivity contribution in [3.8, 4) is 5.75 Å². The Morgan fingerprint density at radius 1 is 1.33 bits per heavy atom. The molecule has 2 atom stereocenters. The molecule has 0 spiro atoms. The molecule has 1 N–H and O–H groups in total. The lowest BCUT2D eigenvalue weighted by Crippen LogP contribution is -2.34. The summed E-state index contributed by atoms with van der Waals surface area (Å²) in [7, 11) is 0. The van der Waals surface area contributed by atoms with Gasteiger partial charge in [0.25, 0.3) is 0 Å². The van der Waals surface area contributed by atoms with Gasteiger partial charge in [0.2, 0.25) is 0 Å². The van der Waals surface area contributed by atoms with Gasteiger partial charge in [0, 0.05) is 4.90 Å². The first-order chi connectivity index (χ1) is 8.55. The summed E-state index contributed by atoms with van der Waals surface area (Å²) in [5, 5.41) is 9.56. The number of rotatable bonds is 3. The quantitative estimate of drug-likeness (QED) is 0.668. The van der Waals surface area contributed by atoms with Crippen LogP contribution in [0.5, 0.6) is 5.75 Å². The highest BCUT2D eigenvalue weighted by Crippen LogP contribution is 2.34. The van der Waals surface area contributed by atoms with Gasteiger partial charge in [0.1, 0.15) is 11.4 Å². The topological polar surface area (TPSA) is 29.5 Å². The molecule has 0 bridgehead atoms. The molecule has 1 aromatic carbocycles. The molecule has 0 amide bonds. The van der Waals surface area contributed by atoms with Gasteiger partial charge in [-0.05, 0) is 50.0 Å². The van der Waals surface area contributed by atoms with Gasteiger partial charge in [0.05, 0.1) is 6.10 Å². The monoisotopic (exact) mass is 262 g/mol. The van der Waals surface area contributed by atoms with Gasteiger partial charge in [-0.2, -0.15) is 0 Å². The average molecular weight is 262 g/mol. The van der Waals surface area contributed by atoms with Crippen molar-refractivity contribution < 1.29 is 9.84 Å². The molecule has 18 heavy (non-hydrogen) atoms.